The molecule has 0 radical (unpaired) electrons. The molecule has 0 heterocycles. The molecule has 0 aromatic rings. The Morgan fingerprint density at radius 3 is 1.12 bits per heavy atom. The van der Waals surface area contributed by atoms with Gasteiger partial charge in [-0.15, -0.1) is 0 Å². The van der Waals surface area contributed by atoms with E-state index >= 15 is 0 Å². The van der Waals surface area contributed by atoms with Crippen molar-refractivity contribution in [1.29, 1.82) is 0 Å². The Kier molecular flexibility index (Phi) is 26.4. The second kappa shape index (κ2) is 27.7. The first-order chi connectivity index (χ1) is 16.7. The van der Waals surface area contributed by atoms with Gasteiger partial charge in [0.1, 0.15) is 0 Å². The van der Waals surface area contributed by atoms with Crippen molar-refractivity contribution in [2.24, 2.45) is 0 Å². The fourth-order valence-corrected chi connectivity index (χ4v) is 3.65. The maximum Gasteiger partial charge on any atom is 0.306 e. The fourth-order valence-electron chi connectivity index (χ4n) is 3.65. The summed E-state index contributed by atoms with van der Waals surface area (Å²) in [6.07, 6.45) is 30.6. The van der Waals surface area contributed by atoms with Crippen LogP contribution in [0.4, 0.5) is 0 Å². The Labute approximate surface area is 210 Å². The molecule has 34 heavy (non-hydrogen) atoms. The summed E-state index contributed by atoms with van der Waals surface area (Å²) in [6.45, 7) is 5.37. The first-order valence-corrected chi connectivity index (χ1v) is 14.3. The lowest BCUT2D eigenvalue weighted by atomic mass is 10.1. The van der Waals surface area contributed by atoms with Gasteiger partial charge in [0.2, 0.25) is 0 Å². The summed E-state index contributed by atoms with van der Waals surface area (Å²) in [5, 5.41) is 0. The number of allylic oxidation sites excluding steroid dienone is 4. The van der Waals surface area contributed by atoms with Gasteiger partial charge in [0.25, 0.3) is 0 Å². The predicted octanol–water partition coefficient (Wildman–Crippen LogP) is 9.03. The molecule has 0 N–H and O–H groups in total. The van der Waals surface area contributed by atoms with Crippen molar-refractivity contribution < 1.29 is 19.1 Å². The summed E-state index contributed by atoms with van der Waals surface area (Å²) < 4.78 is 10.4. The van der Waals surface area contributed by atoms with Crippen LogP contribution in [0.3, 0.4) is 0 Å². The molecule has 4 nitrogen and oxygen atoms in total. The van der Waals surface area contributed by atoms with Crippen LogP contribution in [0, 0.1) is 0 Å². The third-order valence-corrected chi connectivity index (χ3v) is 5.87. The fraction of sp³-hybridized carbons (Fsp3) is 0.800. The van der Waals surface area contributed by atoms with E-state index < -0.39 is 0 Å². The standard InChI is InChI=1S/C30H54O4/c1-3-5-7-9-11-13-15-17-19-21-23-27-33-29(31)25-26-30(32)34-28-24-22-20-18-16-14-12-10-8-6-4-2/h13-16H,3-12,17-28H2,1-2H3/b15-13+,16-14+. The van der Waals surface area contributed by atoms with E-state index in [-0.39, 0.29) is 24.8 Å². The van der Waals surface area contributed by atoms with Crippen LogP contribution < -0.4 is 0 Å². The minimum atomic E-state index is -0.301. The summed E-state index contributed by atoms with van der Waals surface area (Å²) >= 11 is 0. The Balaban J connectivity index is 3.39. The minimum absolute atomic E-state index is 0.114. The Morgan fingerprint density at radius 2 is 0.794 bits per heavy atom. The van der Waals surface area contributed by atoms with Crippen LogP contribution in [0.25, 0.3) is 0 Å². The zero-order valence-electron chi connectivity index (χ0n) is 22.5. The summed E-state index contributed by atoms with van der Waals surface area (Å²) in [5.74, 6) is -0.601. The second-order valence-electron chi connectivity index (χ2n) is 9.28. The monoisotopic (exact) mass is 478 g/mol. The van der Waals surface area contributed by atoms with Gasteiger partial charge in [0.05, 0.1) is 26.1 Å². The average Bonchev–Trinajstić information content (AvgIpc) is 2.84. The van der Waals surface area contributed by atoms with Crippen molar-refractivity contribution in [3.63, 3.8) is 0 Å². The maximum atomic E-state index is 11.8. The molecule has 0 aliphatic heterocycles. The molecule has 0 amide bonds. The van der Waals surface area contributed by atoms with E-state index in [0.29, 0.717) is 13.2 Å². The Morgan fingerprint density at radius 1 is 0.471 bits per heavy atom. The SMILES string of the molecule is CCCCCC/C=C/CCCCCOC(=O)CCC(=O)OCCCCC/C=C/CCCCCC. The number of rotatable bonds is 25. The molecule has 0 unspecified atom stereocenters. The zero-order chi connectivity index (χ0) is 25.0. The van der Waals surface area contributed by atoms with E-state index in [1.165, 1.54) is 64.2 Å². The molecule has 0 saturated heterocycles. The van der Waals surface area contributed by atoms with Gasteiger partial charge in [-0.05, 0) is 77.0 Å². The van der Waals surface area contributed by atoms with Crippen molar-refractivity contribution >= 4 is 11.9 Å². The quantitative estimate of drug-likeness (QED) is 0.0746. The molecule has 0 aromatic carbocycles. The molecule has 0 atom stereocenters. The molecule has 0 spiro atoms. The van der Waals surface area contributed by atoms with Gasteiger partial charge < -0.3 is 9.47 Å². The van der Waals surface area contributed by atoms with Crippen LogP contribution in [0.1, 0.15) is 142 Å². The number of unbranched alkanes of at least 4 members (excludes halogenated alkanes) is 14. The Hall–Kier alpha value is -1.58. The lowest BCUT2D eigenvalue weighted by Gasteiger charge is -2.06. The van der Waals surface area contributed by atoms with Gasteiger partial charge >= 0.3 is 11.9 Å². The third kappa shape index (κ3) is 26.7. The van der Waals surface area contributed by atoms with Gasteiger partial charge in [0, 0.05) is 0 Å². The van der Waals surface area contributed by atoms with Crippen LogP contribution in [0.2, 0.25) is 0 Å². The topological polar surface area (TPSA) is 52.6 Å². The maximum absolute atomic E-state index is 11.8. The normalized spacial score (nSPS) is 11.5. The molecular formula is C30H54O4. The molecule has 0 bridgehead atoms. The van der Waals surface area contributed by atoms with Crippen LogP contribution in [-0.2, 0) is 19.1 Å². The van der Waals surface area contributed by atoms with E-state index in [2.05, 4.69) is 38.2 Å². The van der Waals surface area contributed by atoms with Crippen molar-refractivity contribution in [1.82, 2.24) is 0 Å². The average molecular weight is 479 g/mol. The minimum Gasteiger partial charge on any atom is -0.466 e. The molecule has 0 saturated carbocycles. The number of carbonyl (C=O) groups is 2. The van der Waals surface area contributed by atoms with Crippen molar-refractivity contribution in [2.75, 3.05) is 13.2 Å². The highest BCUT2D eigenvalue weighted by Crippen LogP contribution is 2.07. The summed E-state index contributed by atoms with van der Waals surface area (Å²) in [4.78, 5) is 23.5. The van der Waals surface area contributed by atoms with Gasteiger partial charge in [-0.1, -0.05) is 76.7 Å². The number of hydrogen-bond donors (Lipinski definition) is 0. The van der Waals surface area contributed by atoms with E-state index in [4.69, 9.17) is 9.47 Å². The summed E-state index contributed by atoms with van der Waals surface area (Å²) in [7, 11) is 0. The summed E-state index contributed by atoms with van der Waals surface area (Å²) in [5.41, 5.74) is 0. The first-order valence-electron chi connectivity index (χ1n) is 14.3. The number of carbonyl (C=O) groups excluding carboxylic acids is 2. The smallest absolute Gasteiger partial charge is 0.306 e. The van der Waals surface area contributed by atoms with Crippen molar-refractivity contribution in [2.45, 2.75) is 142 Å². The van der Waals surface area contributed by atoms with Crippen LogP contribution >= 0.6 is 0 Å². The van der Waals surface area contributed by atoms with Gasteiger partial charge in [-0.3, -0.25) is 9.59 Å². The second-order valence-corrected chi connectivity index (χ2v) is 9.28. The molecule has 0 aliphatic carbocycles. The van der Waals surface area contributed by atoms with Gasteiger partial charge in [-0.25, -0.2) is 0 Å². The predicted molar refractivity (Wildman–Crippen MR) is 144 cm³/mol. The lowest BCUT2D eigenvalue weighted by Crippen LogP contribution is -2.11. The lowest BCUT2D eigenvalue weighted by molar-refractivity contribution is -0.150. The first kappa shape index (κ1) is 32.4. The van der Waals surface area contributed by atoms with E-state index in [1.54, 1.807) is 0 Å². The van der Waals surface area contributed by atoms with E-state index in [0.717, 1.165) is 51.4 Å². The zero-order valence-corrected chi connectivity index (χ0v) is 22.5. The molecule has 0 rings (SSSR count). The van der Waals surface area contributed by atoms with Crippen molar-refractivity contribution in [3.05, 3.63) is 24.3 Å². The van der Waals surface area contributed by atoms with Gasteiger partial charge in [0.15, 0.2) is 0 Å². The highest BCUT2D eigenvalue weighted by Gasteiger charge is 2.08. The molecule has 0 aliphatic rings. The largest absolute Gasteiger partial charge is 0.466 e. The van der Waals surface area contributed by atoms with Gasteiger partial charge in [-0.2, -0.15) is 0 Å². The molecule has 0 fully saturated rings. The highest BCUT2D eigenvalue weighted by molar-refractivity contribution is 5.77. The van der Waals surface area contributed by atoms with Crippen LogP contribution in [0.5, 0.6) is 0 Å². The highest BCUT2D eigenvalue weighted by atomic mass is 16.5. The van der Waals surface area contributed by atoms with E-state index in [9.17, 15) is 9.59 Å². The molecule has 4 heteroatoms. The number of ether oxygens (including phenoxy) is 2. The molecule has 198 valence electrons. The van der Waals surface area contributed by atoms with E-state index in [1.807, 2.05) is 0 Å². The molecular weight excluding hydrogens is 424 g/mol. The van der Waals surface area contributed by atoms with Crippen LogP contribution in [-0.4, -0.2) is 25.2 Å². The third-order valence-electron chi connectivity index (χ3n) is 5.87. The Bertz CT molecular complexity index is 464. The van der Waals surface area contributed by atoms with Crippen molar-refractivity contribution in [3.8, 4) is 0 Å². The number of hydrogen-bond acceptors (Lipinski definition) is 4. The summed E-state index contributed by atoms with van der Waals surface area (Å²) in [6, 6.07) is 0. The molecule has 0 aromatic heterocycles. The van der Waals surface area contributed by atoms with Crippen LogP contribution in [0.15, 0.2) is 24.3 Å². The number of esters is 2.